The summed E-state index contributed by atoms with van der Waals surface area (Å²) in [5.41, 5.74) is 1.14. The summed E-state index contributed by atoms with van der Waals surface area (Å²) in [6, 6.07) is 2.65. The Kier molecular flexibility index (Phi) is 4.01. The molecule has 2 saturated carbocycles. The number of aromatic nitrogens is 2. The third-order valence-electron chi connectivity index (χ3n) is 6.04. The molecule has 0 bridgehead atoms. The van der Waals surface area contributed by atoms with E-state index >= 15 is 0 Å². The van der Waals surface area contributed by atoms with Crippen LogP contribution in [-0.4, -0.2) is 22.0 Å². The summed E-state index contributed by atoms with van der Waals surface area (Å²) >= 11 is 0. The van der Waals surface area contributed by atoms with E-state index in [2.05, 4.69) is 10.3 Å². The average molecular weight is 347 g/mol. The second-order valence-electron chi connectivity index (χ2n) is 7.52. The van der Waals surface area contributed by atoms with Crippen molar-refractivity contribution in [1.29, 1.82) is 0 Å². The zero-order valence-electron chi connectivity index (χ0n) is 14.5. The van der Waals surface area contributed by atoms with Crippen LogP contribution in [0.2, 0.25) is 0 Å². The quantitative estimate of drug-likeness (QED) is 0.897. The Labute approximate surface area is 145 Å². The van der Waals surface area contributed by atoms with E-state index in [1.54, 1.807) is 6.33 Å². The summed E-state index contributed by atoms with van der Waals surface area (Å²) in [5.74, 6) is 0.0646. The van der Waals surface area contributed by atoms with Gasteiger partial charge in [0.05, 0.1) is 17.4 Å². The van der Waals surface area contributed by atoms with Crippen molar-refractivity contribution in [2.45, 2.75) is 39.2 Å². The van der Waals surface area contributed by atoms with Gasteiger partial charge in [0.25, 0.3) is 0 Å². The van der Waals surface area contributed by atoms with E-state index in [9.17, 15) is 13.6 Å². The number of benzene rings is 1. The van der Waals surface area contributed by atoms with Crippen LogP contribution in [0.1, 0.15) is 39.2 Å². The third kappa shape index (κ3) is 2.71. The lowest BCUT2D eigenvalue weighted by Crippen LogP contribution is -2.31. The van der Waals surface area contributed by atoms with Crippen molar-refractivity contribution < 1.29 is 13.6 Å². The van der Waals surface area contributed by atoms with Crippen molar-refractivity contribution in [3.05, 3.63) is 30.1 Å². The number of carbonyl (C=O) groups excluding carboxylic acids is 1. The summed E-state index contributed by atoms with van der Waals surface area (Å²) in [4.78, 5) is 16.4. The molecule has 134 valence electrons. The Morgan fingerprint density at radius 3 is 2.68 bits per heavy atom. The van der Waals surface area contributed by atoms with E-state index < -0.39 is 11.6 Å². The average Bonchev–Trinajstić information content (AvgIpc) is 2.94. The van der Waals surface area contributed by atoms with Crippen molar-refractivity contribution in [1.82, 2.24) is 14.9 Å². The highest BCUT2D eigenvalue weighted by Gasteiger charge is 2.59. The highest BCUT2D eigenvalue weighted by molar-refractivity contribution is 5.79. The molecule has 2 aromatic rings. The molecule has 2 fully saturated rings. The fourth-order valence-electron chi connectivity index (χ4n) is 4.73. The summed E-state index contributed by atoms with van der Waals surface area (Å²) in [5, 5.41) is 2.99. The minimum Gasteiger partial charge on any atom is -0.356 e. The molecule has 6 heteroatoms. The molecule has 0 spiro atoms. The fourth-order valence-corrected chi connectivity index (χ4v) is 4.73. The molecule has 5 atom stereocenters. The highest BCUT2D eigenvalue weighted by Crippen LogP contribution is 2.63. The normalized spacial score (nSPS) is 28.8. The SMILES string of the molecule is CCCNC(=O)C(C)C1[C@H]2CC(n3cnc4cc(F)c(F)cc43)C[C@@H]12. The van der Waals surface area contributed by atoms with Crippen molar-refractivity contribution in [3.8, 4) is 0 Å². The molecule has 4 rings (SSSR count). The number of hydrogen-bond acceptors (Lipinski definition) is 2. The van der Waals surface area contributed by atoms with Gasteiger partial charge in [0.15, 0.2) is 11.6 Å². The lowest BCUT2D eigenvalue weighted by molar-refractivity contribution is -0.125. The zero-order chi connectivity index (χ0) is 17.7. The van der Waals surface area contributed by atoms with Gasteiger partial charge in [-0.1, -0.05) is 13.8 Å². The summed E-state index contributed by atoms with van der Waals surface area (Å²) in [7, 11) is 0. The van der Waals surface area contributed by atoms with Crippen LogP contribution in [0.3, 0.4) is 0 Å². The van der Waals surface area contributed by atoms with Crippen molar-refractivity contribution in [2.75, 3.05) is 6.54 Å². The molecule has 2 aliphatic rings. The molecule has 1 N–H and O–H groups in total. The molecule has 0 saturated heterocycles. The van der Waals surface area contributed by atoms with Gasteiger partial charge in [-0.05, 0) is 37.0 Å². The molecule has 1 aromatic heterocycles. The molecule has 0 aliphatic heterocycles. The summed E-state index contributed by atoms with van der Waals surface area (Å²) in [6.07, 6.45) is 4.59. The molecule has 25 heavy (non-hydrogen) atoms. The van der Waals surface area contributed by atoms with Crippen LogP contribution in [0.5, 0.6) is 0 Å². The van der Waals surface area contributed by atoms with Crippen LogP contribution in [0.25, 0.3) is 11.0 Å². The van der Waals surface area contributed by atoms with Gasteiger partial charge < -0.3 is 9.88 Å². The number of nitrogens with zero attached hydrogens (tertiary/aromatic N) is 2. The van der Waals surface area contributed by atoms with Gasteiger partial charge in [-0.25, -0.2) is 13.8 Å². The van der Waals surface area contributed by atoms with Gasteiger partial charge >= 0.3 is 0 Å². The molecule has 1 aromatic carbocycles. The third-order valence-corrected chi connectivity index (χ3v) is 6.04. The molecule has 4 nitrogen and oxygen atoms in total. The monoisotopic (exact) mass is 347 g/mol. The van der Waals surface area contributed by atoms with Crippen LogP contribution in [0.4, 0.5) is 8.78 Å². The van der Waals surface area contributed by atoms with Gasteiger partial charge in [0, 0.05) is 30.6 Å². The zero-order valence-corrected chi connectivity index (χ0v) is 14.5. The van der Waals surface area contributed by atoms with Crippen LogP contribution in [0.15, 0.2) is 18.5 Å². The molecule has 0 radical (unpaired) electrons. The van der Waals surface area contributed by atoms with Crippen LogP contribution in [-0.2, 0) is 4.79 Å². The van der Waals surface area contributed by atoms with E-state index in [0.717, 1.165) is 31.9 Å². The van der Waals surface area contributed by atoms with E-state index in [-0.39, 0.29) is 17.9 Å². The minimum atomic E-state index is -0.862. The maximum absolute atomic E-state index is 13.6. The van der Waals surface area contributed by atoms with E-state index in [4.69, 9.17) is 0 Å². The Morgan fingerprint density at radius 2 is 2.00 bits per heavy atom. The number of fused-ring (bicyclic) bond motifs is 2. The van der Waals surface area contributed by atoms with Crippen molar-refractivity contribution in [3.63, 3.8) is 0 Å². The molecule has 1 heterocycles. The Morgan fingerprint density at radius 1 is 1.32 bits per heavy atom. The summed E-state index contributed by atoms with van der Waals surface area (Å²) in [6.45, 7) is 4.80. The number of nitrogens with one attached hydrogen (secondary N) is 1. The van der Waals surface area contributed by atoms with Gasteiger partial charge in [0.2, 0.25) is 5.91 Å². The second kappa shape index (κ2) is 6.07. The molecule has 1 amide bonds. The molecular weight excluding hydrogens is 324 g/mol. The maximum atomic E-state index is 13.6. The standard InChI is InChI=1S/C19H23F2N3O/c1-3-4-22-19(25)10(2)18-12-5-11(6-13(12)18)24-9-23-16-7-14(20)15(21)8-17(16)24/h7-13,18H,3-6H2,1-2H3,(H,22,25)/t10?,11?,12-,13+,18?. The maximum Gasteiger partial charge on any atom is 0.223 e. The highest BCUT2D eigenvalue weighted by atomic mass is 19.2. The first-order valence-corrected chi connectivity index (χ1v) is 9.10. The topological polar surface area (TPSA) is 46.9 Å². The largest absolute Gasteiger partial charge is 0.356 e. The first-order chi connectivity index (χ1) is 12.0. The smallest absolute Gasteiger partial charge is 0.223 e. The van der Waals surface area contributed by atoms with E-state index in [0.29, 0.717) is 28.8 Å². The molecular formula is C19H23F2N3O. The number of hydrogen-bond donors (Lipinski definition) is 1. The van der Waals surface area contributed by atoms with Gasteiger partial charge in [-0.15, -0.1) is 0 Å². The molecule has 2 aliphatic carbocycles. The predicted molar refractivity (Wildman–Crippen MR) is 90.9 cm³/mol. The number of amides is 1. The van der Waals surface area contributed by atoms with Crippen molar-refractivity contribution >= 4 is 16.9 Å². The lowest BCUT2D eigenvalue weighted by atomic mass is 9.96. The van der Waals surface area contributed by atoms with Gasteiger partial charge in [-0.3, -0.25) is 4.79 Å². The minimum absolute atomic E-state index is 0.0496. The number of imidazole rings is 1. The van der Waals surface area contributed by atoms with Crippen molar-refractivity contribution in [2.24, 2.45) is 23.7 Å². The van der Waals surface area contributed by atoms with Crippen LogP contribution < -0.4 is 5.32 Å². The van der Waals surface area contributed by atoms with E-state index in [1.807, 2.05) is 18.4 Å². The first kappa shape index (κ1) is 16.5. The predicted octanol–water partition coefficient (Wildman–Crippen LogP) is 3.67. The fraction of sp³-hybridized carbons (Fsp3) is 0.579. The Balaban J connectivity index is 1.45. The first-order valence-electron chi connectivity index (χ1n) is 9.10. The molecule has 3 unspecified atom stereocenters. The second-order valence-corrected chi connectivity index (χ2v) is 7.52. The van der Waals surface area contributed by atoms with Crippen LogP contribution >= 0.6 is 0 Å². The number of carbonyl (C=O) groups is 1. The van der Waals surface area contributed by atoms with Gasteiger partial charge in [0.1, 0.15) is 0 Å². The number of rotatable bonds is 5. The Hall–Kier alpha value is -1.98. The Bertz CT molecular complexity index is 806. The summed E-state index contributed by atoms with van der Waals surface area (Å²) < 4.78 is 28.9. The van der Waals surface area contributed by atoms with E-state index in [1.165, 1.54) is 6.07 Å². The van der Waals surface area contributed by atoms with Crippen LogP contribution in [0, 0.1) is 35.3 Å². The van der Waals surface area contributed by atoms with Gasteiger partial charge in [-0.2, -0.15) is 0 Å². The lowest BCUT2D eigenvalue weighted by Gasteiger charge is -2.19. The number of halogens is 2.